The van der Waals surface area contributed by atoms with Crippen LogP contribution in [0.4, 0.5) is 0 Å². The van der Waals surface area contributed by atoms with E-state index in [0.29, 0.717) is 0 Å². The molecule has 1 rings (SSSR count). The monoisotopic (exact) mass is 296 g/mol. The molecule has 20 heavy (non-hydrogen) atoms. The summed E-state index contributed by atoms with van der Waals surface area (Å²) in [5, 5.41) is 0. The van der Waals surface area contributed by atoms with Crippen molar-refractivity contribution in [3.63, 3.8) is 0 Å². The first-order valence-electron chi connectivity index (χ1n) is 7.10. The molecule has 3 unspecified atom stereocenters. The summed E-state index contributed by atoms with van der Waals surface area (Å²) >= 11 is -2.22. The van der Waals surface area contributed by atoms with Crippen LogP contribution in [0.3, 0.4) is 0 Å². The van der Waals surface area contributed by atoms with Crippen LogP contribution < -0.4 is 5.73 Å². The molecule has 0 heterocycles. The Morgan fingerprint density at radius 1 is 1.30 bits per heavy atom. The zero-order chi connectivity index (χ0) is 15.6. The fourth-order valence-electron chi connectivity index (χ4n) is 3.02. The summed E-state index contributed by atoms with van der Waals surface area (Å²) < 4.78 is 22.2. The van der Waals surface area contributed by atoms with Crippen molar-refractivity contribution in [1.29, 1.82) is 0 Å². The largest absolute Gasteiger partial charge is 0.768 e. The van der Waals surface area contributed by atoms with Crippen molar-refractivity contribution in [2.45, 2.75) is 53.0 Å². The second kappa shape index (κ2) is 5.96. The predicted octanol–water partition coefficient (Wildman–Crippen LogP) is 3.43. The summed E-state index contributed by atoms with van der Waals surface area (Å²) in [7, 11) is 0. The normalized spacial score (nSPS) is 27.6. The van der Waals surface area contributed by atoms with Crippen LogP contribution in [0.25, 0.3) is 0 Å². The molecule has 0 spiro atoms. The van der Waals surface area contributed by atoms with Crippen LogP contribution in [0.1, 0.15) is 47.5 Å². The van der Waals surface area contributed by atoms with Gasteiger partial charge in [-0.25, -0.2) is 0 Å². The molecule has 3 nitrogen and oxygen atoms in total. The fraction of sp³-hybridized carbons (Fsp3) is 0.625. The van der Waals surface area contributed by atoms with Gasteiger partial charge in [0.1, 0.15) is 0 Å². The lowest BCUT2D eigenvalue weighted by Crippen LogP contribution is -2.61. The zero-order valence-corrected chi connectivity index (χ0v) is 13.9. The quantitative estimate of drug-likeness (QED) is 0.790. The van der Waals surface area contributed by atoms with Crippen LogP contribution in [0.5, 0.6) is 0 Å². The van der Waals surface area contributed by atoms with Gasteiger partial charge in [-0.1, -0.05) is 58.9 Å². The average molecular weight is 296 g/mol. The smallest absolute Gasteiger partial charge is 0.0328 e. The minimum absolute atomic E-state index is 0.0632. The number of allylic oxidation sites excluding steroid dienone is 3. The Kier molecular flexibility index (Phi) is 5.17. The SMILES string of the molecule is CCC(C)(C)C(N)(CC)C1(C)C=CC=C(S(=O)[O-])C=C1. The molecule has 0 aromatic carbocycles. The van der Waals surface area contributed by atoms with Gasteiger partial charge in [-0.3, -0.25) is 4.21 Å². The molecule has 114 valence electrons. The second-order valence-corrected chi connectivity index (χ2v) is 7.28. The molecule has 0 aromatic heterocycles. The summed E-state index contributed by atoms with van der Waals surface area (Å²) in [4.78, 5) is 0.290. The molecule has 0 saturated heterocycles. The number of rotatable bonds is 5. The van der Waals surface area contributed by atoms with E-state index in [1.165, 1.54) is 0 Å². The van der Waals surface area contributed by atoms with Gasteiger partial charge in [0.05, 0.1) is 0 Å². The van der Waals surface area contributed by atoms with Crippen LogP contribution in [-0.4, -0.2) is 14.3 Å². The molecule has 0 radical (unpaired) electrons. The highest BCUT2D eigenvalue weighted by Gasteiger charge is 2.50. The van der Waals surface area contributed by atoms with Gasteiger partial charge in [-0.15, -0.1) is 0 Å². The topological polar surface area (TPSA) is 66.2 Å². The van der Waals surface area contributed by atoms with Crippen LogP contribution in [0, 0.1) is 10.8 Å². The number of hydrogen-bond donors (Lipinski definition) is 1. The predicted molar refractivity (Wildman–Crippen MR) is 84.7 cm³/mol. The average Bonchev–Trinajstić information content (AvgIpc) is 2.60. The van der Waals surface area contributed by atoms with E-state index in [1.807, 2.05) is 12.2 Å². The van der Waals surface area contributed by atoms with Crippen LogP contribution >= 0.6 is 0 Å². The van der Waals surface area contributed by atoms with Gasteiger partial charge in [-0.05, 0) is 35.4 Å². The summed E-state index contributed by atoms with van der Waals surface area (Å²) in [6.45, 7) is 10.7. The van der Waals surface area contributed by atoms with Crippen LogP contribution in [0.15, 0.2) is 35.3 Å². The van der Waals surface area contributed by atoms with Gasteiger partial charge >= 0.3 is 0 Å². The lowest BCUT2D eigenvalue weighted by molar-refractivity contribution is 0.0742. The second-order valence-electron chi connectivity index (χ2n) is 6.34. The van der Waals surface area contributed by atoms with Crippen molar-refractivity contribution in [3.8, 4) is 0 Å². The fourth-order valence-corrected chi connectivity index (χ4v) is 3.39. The molecular weight excluding hydrogens is 270 g/mol. The maximum Gasteiger partial charge on any atom is 0.0328 e. The molecule has 0 bridgehead atoms. The Labute approximate surface area is 125 Å². The Balaban J connectivity index is 3.30. The molecule has 0 fully saturated rings. The van der Waals surface area contributed by atoms with E-state index in [9.17, 15) is 8.76 Å². The third-order valence-electron chi connectivity index (χ3n) is 5.10. The maximum atomic E-state index is 11.1. The standard InChI is InChI=1S/C16H27NO2S/c1-6-14(3,4)16(17,7-2)15(5)11-8-9-13(10-12-15)20(18)19/h8-12H,6-7,17H2,1-5H3,(H,18,19)/p-1. The van der Waals surface area contributed by atoms with Crippen molar-refractivity contribution in [3.05, 3.63) is 35.3 Å². The minimum atomic E-state index is -2.22. The van der Waals surface area contributed by atoms with Gasteiger partial charge in [0.25, 0.3) is 0 Å². The van der Waals surface area contributed by atoms with Gasteiger partial charge in [0.15, 0.2) is 0 Å². The van der Waals surface area contributed by atoms with E-state index >= 15 is 0 Å². The summed E-state index contributed by atoms with van der Waals surface area (Å²) in [5.41, 5.74) is 5.90. The first-order chi connectivity index (χ1) is 9.13. The molecule has 0 amide bonds. The van der Waals surface area contributed by atoms with Gasteiger partial charge in [-0.2, -0.15) is 0 Å². The van der Waals surface area contributed by atoms with E-state index < -0.39 is 22.0 Å². The lowest BCUT2D eigenvalue weighted by atomic mass is 9.56. The first kappa shape index (κ1) is 17.3. The minimum Gasteiger partial charge on any atom is -0.768 e. The molecule has 1 aliphatic carbocycles. The van der Waals surface area contributed by atoms with E-state index in [4.69, 9.17) is 5.73 Å². The zero-order valence-electron chi connectivity index (χ0n) is 13.1. The van der Waals surface area contributed by atoms with Crippen molar-refractivity contribution in [2.24, 2.45) is 16.6 Å². The highest BCUT2D eigenvalue weighted by Crippen LogP contribution is 2.49. The van der Waals surface area contributed by atoms with Crippen LogP contribution in [-0.2, 0) is 11.1 Å². The van der Waals surface area contributed by atoms with Gasteiger partial charge in [0, 0.05) is 15.9 Å². The van der Waals surface area contributed by atoms with E-state index in [-0.39, 0.29) is 10.3 Å². The molecule has 0 aromatic rings. The van der Waals surface area contributed by atoms with Crippen molar-refractivity contribution in [2.75, 3.05) is 0 Å². The maximum absolute atomic E-state index is 11.1. The Hall–Kier alpha value is -0.710. The highest BCUT2D eigenvalue weighted by molar-refractivity contribution is 7.83. The molecule has 0 saturated carbocycles. The number of hydrogen-bond acceptors (Lipinski definition) is 3. The van der Waals surface area contributed by atoms with Gasteiger partial charge < -0.3 is 10.3 Å². The third-order valence-corrected chi connectivity index (χ3v) is 5.76. The highest BCUT2D eigenvalue weighted by atomic mass is 32.2. The molecular formula is C16H26NO2S-. The van der Waals surface area contributed by atoms with E-state index in [0.717, 1.165) is 12.8 Å². The van der Waals surface area contributed by atoms with Gasteiger partial charge in [0.2, 0.25) is 0 Å². The van der Waals surface area contributed by atoms with Crippen molar-refractivity contribution < 1.29 is 8.76 Å². The first-order valence-corrected chi connectivity index (χ1v) is 8.18. The van der Waals surface area contributed by atoms with E-state index in [2.05, 4.69) is 34.6 Å². The van der Waals surface area contributed by atoms with E-state index in [1.54, 1.807) is 18.2 Å². The third kappa shape index (κ3) is 2.83. The Bertz CT molecular complexity index is 479. The number of nitrogens with two attached hydrogens (primary N) is 1. The van der Waals surface area contributed by atoms with Crippen molar-refractivity contribution in [1.82, 2.24) is 0 Å². The molecule has 3 atom stereocenters. The van der Waals surface area contributed by atoms with Crippen LogP contribution in [0.2, 0.25) is 0 Å². The Morgan fingerprint density at radius 2 is 1.90 bits per heavy atom. The molecule has 1 aliphatic rings. The molecule has 2 N–H and O–H groups in total. The lowest BCUT2D eigenvalue weighted by Gasteiger charge is -2.53. The summed E-state index contributed by atoms with van der Waals surface area (Å²) in [6.07, 6.45) is 10.8. The Morgan fingerprint density at radius 3 is 2.35 bits per heavy atom. The molecule has 0 aliphatic heterocycles. The van der Waals surface area contributed by atoms with Crippen molar-refractivity contribution >= 4 is 11.1 Å². The summed E-state index contributed by atoms with van der Waals surface area (Å²) in [6, 6.07) is 0. The summed E-state index contributed by atoms with van der Waals surface area (Å²) in [5.74, 6) is 0. The molecule has 4 heteroatoms.